The van der Waals surface area contributed by atoms with Crippen molar-refractivity contribution in [2.24, 2.45) is 0 Å². The fraction of sp³-hybridized carbons (Fsp3) is 0.769. The fourth-order valence-corrected chi connectivity index (χ4v) is 4.54. The Balaban J connectivity index is 2.48. The van der Waals surface area contributed by atoms with Gasteiger partial charge in [-0.15, -0.1) is 10.2 Å². The first-order valence-corrected chi connectivity index (χ1v) is 9.97. The Bertz CT molecular complexity index is 454. The molecule has 0 saturated heterocycles. The fourth-order valence-electron chi connectivity index (χ4n) is 2.09. The summed E-state index contributed by atoms with van der Waals surface area (Å²) in [6.45, 7) is 5.88. The van der Waals surface area contributed by atoms with Gasteiger partial charge in [0.25, 0.3) is 0 Å². The first kappa shape index (κ1) is 18.7. The van der Waals surface area contributed by atoms with Crippen molar-refractivity contribution in [2.45, 2.75) is 60.3 Å². The van der Waals surface area contributed by atoms with Crippen LogP contribution in [0.25, 0.3) is 0 Å². The van der Waals surface area contributed by atoms with E-state index < -0.39 is 11.5 Å². The highest BCUT2D eigenvalue weighted by Crippen LogP contribution is 2.29. The highest BCUT2D eigenvalue weighted by atomic mass is 32.2. The summed E-state index contributed by atoms with van der Waals surface area (Å²) in [5.74, 6) is 0.0990. The van der Waals surface area contributed by atoms with E-state index >= 15 is 0 Å². The van der Waals surface area contributed by atoms with Crippen molar-refractivity contribution in [1.82, 2.24) is 15.5 Å². The third-order valence-electron chi connectivity index (χ3n) is 3.11. The number of aromatic nitrogens is 2. The molecule has 1 unspecified atom stereocenters. The molecular formula is C13H23N3O2S3. The molecule has 0 amide bonds. The van der Waals surface area contributed by atoms with Crippen LogP contribution in [-0.2, 0) is 4.79 Å². The summed E-state index contributed by atoms with van der Waals surface area (Å²) >= 11 is 4.83. The van der Waals surface area contributed by atoms with E-state index in [0.29, 0.717) is 12.8 Å². The summed E-state index contributed by atoms with van der Waals surface area (Å²) in [5, 5.41) is 20.9. The Morgan fingerprint density at radius 3 is 2.57 bits per heavy atom. The van der Waals surface area contributed by atoms with Crippen LogP contribution in [0.5, 0.6) is 0 Å². The first-order chi connectivity index (χ1) is 9.93. The molecule has 0 bridgehead atoms. The van der Waals surface area contributed by atoms with Crippen molar-refractivity contribution in [1.29, 1.82) is 0 Å². The topological polar surface area (TPSA) is 75.1 Å². The number of carboxylic acid groups (broad SMARTS) is 1. The average molecular weight is 350 g/mol. The largest absolute Gasteiger partial charge is 0.480 e. The molecule has 1 rings (SSSR count). The number of carboxylic acids is 1. The molecule has 0 fully saturated rings. The van der Waals surface area contributed by atoms with Crippen LogP contribution in [0.15, 0.2) is 8.68 Å². The van der Waals surface area contributed by atoms with Gasteiger partial charge < -0.3 is 5.11 Å². The predicted octanol–water partition coefficient (Wildman–Crippen LogP) is 3.36. The van der Waals surface area contributed by atoms with Crippen LogP contribution >= 0.6 is 34.9 Å². The molecule has 5 nitrogen and oxygen atoms in total. The van der Waals surface area contributed by atoms with Crippen LogP contribution < -0.4 is 5.32 Å². The second-order valence-corrected chi connectivity index (χ2v) is 8.40. The summed E-state index contributed by atoms with van der Waals surface area (Å²) in [6.07, 6.45) is 4.02. The quantitative estimate of drug-likeness (QED) is 0.495. The van der Waals surface area contributed by atoms with E-state index in [1.807, 2.05) is 27.0 Å². The maximum atomic E-state index is 11.6. The number of nitrogens with zero attached hydrogens (tertiary/aromatic N) is 2. The van der Waals surface area contributed by atoms with Crippen molar-refractivity contribution in [3.05, 3.63) is 0 Å². The van der Waals surface area contributed by atoms with Gasteiger partial charge in [0, 0.05) is 11.8 Å². The van der Waals surface area contributed by atoms with Gasteiger partial charge in [0.1, 0.15) is 5.54 Å². The van der Waals surface area contributed by atoms with Crippen molar-refractivity contribution < 1.29 is 9.90 Å². The van der Waals surface area contributed by atoms with Gasteiger partial charge in [-0.25, -0.2) is 0 Å². The SMILES string of the molecule is CCC(CCCSc1nnc(SC)s1)(NC(C)C)C(=O)O. The minimum Gasteiger partial charge on any atom is -0.480 e. The lowest BCUT2D eigenvalue weighted by Gasteiger charge is -2.31. The highest BCUT2D eigenvalue weighted by Gasteiger charge is 2.36. The van der Waals surface area contributed by atoms with Crippen LogP contribution in [0.3, 0.4) is 0 Å². The van der Waals surface area contributed by atoms with E-state index in [-0.39, 0.29) is 6.04 Å². The maximum Gasteiger partial charge on any atom is 0.323 e. The second-order valence-electron chi connectivity index (χ2n) is 5.03. The molecule has 0 radical (unpaired) electrons. The molecule has 21 heavy (non-hydrogen) atoms. The van der Waals surface area contributed by atoms with E-state index in [0.717, 1.165) is 20.9 Å². The van der Waals surface area contributed by atoms with E-state index in [1.165, 1.54) is 0 Å². The molecule has 1 aromatic heterocycles. The average Bonchev–Trinajstić information content (AvgIpc) is 2.89. The number of aliphatic carboxylic acids is 1. The van der Waals surface area contributed by atoms with Gasteiger partial charge in [-0.05, 0) is 39.4 Å². The van der Waals surface area contributed by atoms with E-state index in [2.05, 4.69) is 15.5 Å². The first-order valence-electron chi connectivity index (χ1n) is 6.95. The molecule has 120 valence electrons. The predicted molar refractivity (Wildman–Crippen MR) is 90.6 cm³/mol. The normalized spacial score (nSPS) is 14.3. The zero-order chi connectivity index (χ0) is 15.9. The minimum absolute atomic E-state index is 0.154. The monoisotopic (exact) mass is 349 g/mol. The van der Waals surface area contributed by atoms with Gasteiger partial charge in [-0.2, -0.15) is 0 Å². The highest BCUT2D eigenvalue weighted by molar-refractivity contribution is 8.02. The molecule has 1 atom stereocenters. The van der Waals surface area contributed by atoms with Gasteiger partial charge in [0.15, 0.2) is 8.68 Å². The van der Waals surface area contributed by atoms with Crippen LogP contribution in [0, 0.1) is 0 Å². The maximum absolute atomic E-state index is 11.6. The van der Waals surface area contributed by atoms with E-state index in [1.54, 1.807) is 34.9 Å². The molecule has 2 N–H and O–H groups in total. The summed E-state index contributed by atoms with van der Waals surface area (Å²) in [6, 6.07) is 0.154. The van der Waals surface area contributed by atoms with Gasteiger partial charge >= 0.3 is 5.97 Å². The lowest BCUT2D eigenvalue weighted by molar-refractivity contribution is -0.145. The molecule has 1 aromatic rings. The van der Waals surface area contributed by atoms with Crippen molar-refractivity contribution >= 4 is 40.8 Å². The molecule has 0 aromatic carbocycles. The third-order valence-corrected chi connectivity index (χ3v) is 6.23. The Hall–Kier alpha value is -0.310. The van der Waals surface area contributed by atoms with E-state index in [4.69, 9.17) is 0 Å². The Labute approximate surface area is 138 Å². The lowest BCUT2D eigenvalue weighted by atomic mass is 9.90. The minimum atomic E-state index is -0.819. The van der Waals surface area contributed by atoms with Crippen LogP contribution in [0.2, 0.25) is 0 Å². The number of carbonyl (C=O) groups is 1. The zero-order valence-electron chi connectivity index (χ0n) is 12.9. The number of thioether (sulfide) groups is 2. The number of nitrogens with one attached hydrogen (secondary N) is 1. The summed E-state index contributed by atoms with van der Waals surface area (Å²) in [5.41, 5.74) is -0.819. The Kier molecular flexibility index (Phi) is 8.00. The number of hydrogen-bond acceptors (Lipinski definition) is 7. The third kappa shape index (κ3) is 5.77. The molecule has 0 aliphatic rings. The number of hydrogen-bond donors (Lipinski definition) is 2. The molecule has 0 spiro atoms. The lowest BCUT2D eigenvalue weighted by Crippen LogP contribution is -2.54. The molecular weight excluding hydrogens is 326 g/mol. The van der Waals surface area contributed by atoms with Crippen molar-refractivity contribution in [3.8, 4) is 0 Å². The van der Waals surface area contributed by atoms with Crippen molar-refractivity contribution in [2.75, 3.05) is 12.0 Å². The summed E-state index contributed by atoms with van der Waals surface area (Å²) < 4.78 is 1.92. The molecule has 1 heterocycles. The van der Waals surface area contributed by atoms with Gasteiger partial charge in [-0.1, -0.05) is 41.8 Å². The molecule has 0 saturated carbocycles. The van der Waals surface area contributed by atoms with Crippen LogP contribution in [-0.4, -0.2) is 44.9 Å². The second kappa shape index (κ2) is 8.97. The molecule has 0 aliphatic heterocycles. The van der Waals surface area contributed by atoms with Gasteiger partial charge in [0.05, 0.1) is 0 Å². The standard InChI is InChI=1S/C13H23N3O2S3/c1-5-13(10(17)18,14-9(2)3)7-6-8-20-12-16-15-11(19-4)21-12/h9,14H,5-8H2,1-4H3,(H,17,18). The Morgan fingerprint density at radius 2 is 2.10 bits per heavy atom. The molecule has 8 heteroatoms. The smallest absolute Gasteiger partial charge is 0.323 e. The van der Waals surface area contributed by atoms with Gasteiger partial charge in [-0.3, -0.25) is 10.1 Å². The molecule has 0 aliphatic carbocycles. The number of rotatable bonds is 10. The van der Waals surface area contributed by atoms with Gasteiger partial charge in [0.2, 0.25) is 0 Å². The zero-order valence-corrected chi connectivity index (χ0v) is 15.3. The van der Waals surface area contributed by atoms with Crippen LogP contribution in [0.1, 0.15) is 40.0 Å². The summed E-state index contributed by atoms with van der Waals surface area (Å²) in [7, 11) is 0. The Morgan fingerprint density at radius 1 is 1.43 bits per heavy atom. The summed E-state index contributed by atoms with van der Waals surface area (Å²) in [4.78, 5) is 11.6. The van der Waals surface area contributed by atoms with E-state index in [9.17, 15) is 9.90 Å². The van der Waals surface area contributed by atoms with Crippen molar-refractivity contribution in [3.63, 3.8) is 0 Å². The van der Waals surface area contributed by atoms with Crippen LogP contribution in [0.4, 0.5) is 0 Å².